The zero-order chi connectivity index (χ0) is 27.8. The predicted octanol–water partition coefficient (Wildman–Crippen LogP) is 5.21. The molecule has 2 atom stereocenters. The molecular weight excluding hydrogens is 503 g/mol. The zero-order valence-corrected chi connectivity index (χ0v) is 23.8. The van der Waals surface area contributed by atoms with Gasteiger partial charge in [0, 0.05) is 12.8 Å². The molecule has 0 fully saturated rings. The Bertz CT molecular complexity index is 568. The maximum atomic E-state index is 12.1. The number of rotatable bonds is 26. The highest BCUT2D eigenvalue weighted by atomic mass is 31.2. The lowest BCUT2D eigenvalue weighted by Gasteiger charge is -2.20. The fourth-order valence-electron chi connectivity index (χ4n) is 3.58. The summed E-state index contributed by atoms with van der Waals surface area (Å²) < 4.78 is 32.0. The molecule has 2 unspecified atom stereocenters. The first-order valence-electron chi connectivity index (χ1n) is 14.0. The van der Waals surface area contributed by atoms with Crippen LogP contribution in [-0.4, -0.2) is 65.7 Å². The first kappa shape index (κ1) is 36.0. The second kappa shape index (κ2) is 24.0. The van der Waals surface area contributed by atoms with Crippen molar-refractivity contribution < 1.29 is 47.8 Å². The van der Waals surface area contributed by atoms with Gasteiger partial charge in [-0.05, 0) is 12.8 Å². The second-order valence-electron chi connectivity index (χ2n) is 9.39. The van der Waals surface area contributed by atoms with Crippen molar-refractivity contribution in [2.45, 2.75) is 129 Å². The number of hydrogen-bond acceptors (Lipinski definition) is 9. The van der Waals surface area contributed by atoms with Gasteiger partial charge < -0.3 is 24.6 Å². The van der Waals surface area contributed by atoms with E-state index in [0.29, 0.717) is 12.8 Å². The van der Waals surface area contributed by atoms with Crippen molar-refractivity contribution in [2.75, 3.05) is 26.4 Å². The smallest absolute Gasteiger partial charge is 0.457 e. The first-order valence-corrected chi connectivity index (χ1v) is 15.5. The zero-order valence-electron chi connectivity index (χ0n) is 22.9. The quantitative estimate of drug-likeness (QED) is 0.0739. The van der Waals surface area contributed by atoms with Gasteiger partial charge >= 0.3 is 19.8 Å². The Morgan fingerprint density at radius 2 is 0.946 bits per heavy atom. The number of ether oxygens (including phenoxy) is 2. The summed E-state index contributed by atoms with van der Waals surface area (Å²) in [6, 6.07) is 0. The number of aliphatic hydroxyl groups excluding tert-OH is 2. The average molecular weight is 555 g/mol. The summed E-state index contributed by atoms with van der Waals surface area (Å²) in [6.45, 7) is 2.04. The fraction of sp³-hybridized carbons (Fsp3) is 0.923. The Labute approximate surface area is 223 Å². The van der Waals surface area contributed by atoms with Crippen LogP contribution in [0.1, 0.15) is 117 Å². The minimum atomic E-state index is -4.60. The van der Waals surface area contributed by atoms with E-state index in [1.165, 1.54) is 38.5 Å². The van der Waals surface area contributed by atoms with Crippen molar-refractivity contribution in [3.63, 3.8) is 0 Å². The van der Waals surface area contributed by atoms with Gasteiger partial charge in [0.2, 0.25) is 0 Å². The number of unbranched alkanes of at least 4 members (excludes halogenated alkanes) is 12. The van der Waals surface area contributed by atoms with Crippen LogP contribution in [-0.2, 0) is 32.7 Å². The largest absolute Gasteiger partial charge is 0.472 e. The lowest BCUT2D eigenvalue weighted by Crippen LogP contribution is -2.28. The first-order chi connectivity index (χ1) is 17.8. The summed E-state index contributed by atoms with van der Waals surface area (Å²) in [5.74, 6) is -1.03. The summed E-state index contributed by atoms with van der Waals surface area (Å²) >= 11 is 0. The number of phosphoric acid groups is 1. The van der Waals surface area contributed by atoms with E-state index < -0.39 is 58.4 Å². The molecule has 0 aliphatic heterocycles. The third-order valence-corrected chi connectivity index (χ3v) is 6.77. The van der Waals surface area contributed by atoms with Gasteiger partial charge in [-0.3, -0.25) is 18.6 Å². The van der Waals surface area contributed by atoms with Crippen molar-refractivity contribution in [3.05, 3.63) is 0 Å². The lowest BCUT2D eigenvalue weighted by molar-refractivity contribution is -0.153. The summed E-state index contributed by atoms with van der Waals surface area (Å²) in [5, 5.41) is 18.8. The van der Waals surface area contributed by atoms with Crippen LogP contribution in [0, 0.1) is 0 Å². The molecule has 0 rings (SSSR count). The van der Waals surface area contributed by atoms with E-state index in [0.717, 1.165) is 38.5 Å². The Hall–Kier alpha value is -1.03. The summed E-state index contributed by atoms with van der Waals surface area (Å²) in [6.07, 6.45) is 12.9. The minimum absolute atomic E-state index is 0.194. The number of carbonyl (C=O) groups is 2. The molecule has 0 saturated heterocycles. The molecule has 0 heterocycles. The molecule has 0 aromatic carbocycles. The molecular formula is C26H51O10P. The fourth-order valence-corrected chi connectivity index (χ4v) is 4.37. The third kappa shape index (κ3) is 22.6. The van der Waals surface area contributed by atoms with E-state index in [2.05, 4.69) is 13.8 Å². The Morgan fingerprint density at radius 3 is 1.27 bits per heavy atom. The van der Waals surface area contributed by atoms with Crippen LogP contribution in [0.2, 0.25) is 0 Å². The molecule has 0 spiro atoms. The maximum absolute atomic E-state index is 12.1. The molecule has 0 amide bonds. The number of aliphatic hydroxyl groups is 2. The van der Waals surface area contributed by atoms with E-state index in [1.807, 2.05) is 0 Å². The molecule has 0 saturated carbocycles. The predicted molar refractivity (Wildman–Crippen MR) is 141 cm³/mol. The van der Waals surface area contributed by atoms with E-state index in [4.69, 9.17) is 18.5 Å². The molecule has 10 nitrogen and oxygen atoms in total. The minimum Gasteiger partial charge on any atom is -0.457 e. The van der Waals surface area contributed by atoms with E-state index >= 15 is 0 Å². The molecule has 0 aromatic heterocycles. The maximum Gasteiger partial charge on any atom is 0.472 e. The van der Waals surface area contributed by atoms with Crippen LogP contribution < -0.4 is 0 Å². The van der Waals surface area contributed by atoms with Gasteiger partial charge in [0.1, 0.15) is 12.2 Å². The van der Waals surface area contributed by atoms with Gasteiger partial charge in [0.25, 0.3) is 0 Å². The molecule has 0 aromatic rings. The number of hydrogen-bond donors (Lipinski definition) is 3. The number of esters is 2. The number of phosphoric ester groups is 1. The normalized spacial score (nSPS) is 14.6. The number of carbonyl (C=O) groups excluding carboxylic acids is 2. The summed E-state index contributed by atoms with van der Waals surface area (Å²) in [7, 11) is -4.60. The van der Waals surface area contributed by atoms with Crippen molar-refractivity contribution in [1.82, 2.24) is 0 Å². The molecule has 0 aliphatic carbocycles. The van der Waals surface area contributed by atoms with E-state index in [-0.39, 0.29) is 12.8 Å². The Morgan fingerprint density at radius 1 is 0.622 bits per heavy atom. The molecule has 37 heavy (non-hydrogen) atoms. The van der Waals surface area contributed by atoms with Crippen LogP contribution in [0.4, 0.5) is 0 Å². The average Bonchev–Trinajstić information content (AvgIpc) is 2.87. The van der Waals surface area contributed by atoms with Crippen LogP contribution in [0.25, 0.3) is 0 Å². The van der Waals surface area contributed by atoms with Crippen LogP contribution >= 0.6 is 7.82 Å². The molecule has 220 valence electrons. The standard InChI is InChI=1S/C26H51O10P/c1-3-5-7-9-11-13-15-17-25(29)35-23(19-27)21-33-37(31,32)34-22-24(20-28)36-26(30)18-16-14-12-10-8-6-4-2/h23-24,27-28H,3-22H2,1-2H3,(H,31,32). The summed E-state index contributed by atoms with van der Waals surface area (Å²) in [5.41, 5.74) is 0. The van der Waals surface area contributed by atoms with Gasteiger partial charge in [-0.2, -0.15) is 0 Å². The van der Waals surface area contributed by atoms with E-state index in [1.54, 1.807) is 0 Å². The van der Waals surface area contributed by atoms with Crippen LogP contribution in [0.15, 0.2) is 0 Å². The second-order valence-corrected chi connectivity index (χ2v) is 10.8. The van der Waals surface area contributed by atoms with Crippen molar-refractivity contribution >= 4 is 19.8 Å². The molecule has 0 bridgehead atoms. The SMILES string of the molecule is CCCCCCCCCC(=O)OC(CO)COP(=O)(O)OCC(CO)OC(=O)CCCCCCCCC. The van der Waals surface area contributed by atoms with Gasteiger partial charge in [0.05, 0.1) is 26.4 Å². The van der Waals surface area contributed by atoms with Crippen molar-refractivity contribution in [2.24, 2.45) is 0 Å². The molecule has 0 radical (unpaired) electrons. The molecule has 3 N–H and O–H groups in total. The van der Waals surface area contributed by atoms with Crippen molar-refractivity contribution in [3.8, 4) is 0 Å². The van der Waals surface area contributed by atoms with Gasteiger partial charge in [0.15, 0.2) is 0 Å². The summed E-state index contributed by atoms with van der Waals surface area (Å²) in [4.78, 5) is 33.8. The Balaban J connectivity index is 4.15. The highest BCUT2D eigenvalue weighted by Gasteiger charge is 2.27. The topological polar surface area (TPSA) is 149 Å². The van der Waals surface area contributed by atoms with Gasteiger partial charge in [-0.1, -0.05) is 90.9 Å². The van der Waals surface area contributed by atoms with Gasteiger partial charge in [-0.25, -0.2) is 4.57 Å². The molecule has 11 heteroatoms. The third-order valence-electron chi connectivity index (χ3n) is 5.82. The van der Waals surface area contributed by atoms with Gasteiger partial charge in [-0.15, -0.1) is 0 Å². The highest BCUT2D eigenvalue weighted by Crippen LogP contribution is 2.43. The van der Waals surface area contributed by atoms with Crippen LogP contribution in [0.5, 0.6) is 0 Å². The van der Waals surface area contributed by atoms with Crippen molar-refractivity contribution in [1.29, 1.82) is 0 Å². The molecule has 0 aliphatic rings. The highest BCUT2D eigenvalue weighted by molar-refractivity contribution is 7.47. The Kier molecular flexibility index (Phi) is 23.4. The van der Waals surface area contributed by atoms with E-state index in [9.17, 15) is 29.3 Å². The lowest BCUT2D eigenvalue weighted by atomic mass is 10.1. The van der Waals surface area contributed by atoms with Crippen LogP contribution in [0.3, 0.4) is 0 Å². The monoisotopic (exact) mass is 554 g/mol.